The number of hydroxylamine groups is 1. The van der Waals surface area contributed by atoms with Crippen LogP contribution in [0.4, 0.5) is 17.6 Å². The highest BCUT2D eigenvalue weighted by atomic mass is 19.2. The highest BCUT2D eigenvalue weighted by Crippen LogP contribution is 2.30. The summed E-state index contributed by atoms with van der Waals surface area (Å²) < 4.78 is 58.9. The van der Waals surface area contributed by atoms with Gasteiger partial charge in [-0.2, -0.15) is 8.78 Å². The van der Waals surface area contributed by atoms with E-state index >= 15 is 0 Å². The van der Waals surface area contributed by atoms with E-state index in [9.17, 15) is 31.9 Å². The van der Waals surface area contributed by atoms with Gasteiger partial charge in [0.25, 0.3) is 5.91 Å². The van der Waals surface area contributed by atoms with Gasteiger partial charge in [-0.1, -0.05) is 37.3 Å². The lowest BCUT2D eigenvalue weighted by molar-refractivity contribution is -0.148. The first-order valence-electron chi connectivity index (χ1n) is 10.3. The molecule has 1 amide bonds. The van der Waals surface area contributed by atoms with Crippen molar-refractivity contribution in [2.45, 2.75) is 31.4 Å². The number of carboxylic acid groups (broad SMARTS) is 1. The number of hydrogen-bond donors (Lipinski definition) is 3. The first kappa shape index (κ1) is 25.7. The van der Waals surface area contributed by atoms with E-state index in [1.807, 2.05) is 0 Å². The zero-order valence-electron chi connectivity index (χ0n) is 18.2. The van der Waals surface area contributed by atoms with Crippen molar-refractivity contribution >= 4 is 23.4 Å². The molecule has 0 saturated heterocycles. The zero-order valence-corrected chi connectivity index (χ0v) is 18.2. The second kappa shape index (κ2) is 10.6. The van der Waals surface area contributed by atoms with Gasteiger partial charge in [0.1, 0.15) is 12.6 Å². The first-order chi connectivity index (χ1) is 16.6. The maximum Gasteiger partial charge on any atom is 0.305 e. The van der Waals surface area contributed by atoms with E-state index in [-0.39, 0.29) is 12.5 Å². The van der Waals surface area contributed by atoms with Crippen LogP contribution in [-0.4, -0.2) is 41.0 Å². The Morgan fingerprint density at radius 2 is 1.74 bits per heavy atom. The van der Waals surface area contributed by atoms with Gasteiger partial charge in [-0.25, -0.2) is 8.78 Å². The van der Waals surface area contributed by atoms with Crippen molar-refractivity contribution in [2.75, 3.05) is 6.61 Å². The predicted molar refractivity (Wildman–Crippen MR) is 113 cm³/mol. The molecule has 3 rings (SSSR count). The fourth-order valence-corrected chi connectivity index (χ4v) is 3.27. The number of carboxylic acids is 1. The molecule has 2 aromatic carbocycles. The van der Waals surface area contributed by atoms with Crippen LogP contribution >= 0.6 is 0 Å². The Morgan fingerprint density at radius 3 is 2.31 bits per heavy atom. The first-order valence-corrected chi connectivity index (χ1v) is 10.3. The molecule has 1 aliphatic rings. The molecule has 35 heavy (non-hydrogen) atoms. The molecule has 1 unspecified atom stereocenters. The summed E-state index contributed by atoms with van der Waals surface area (Å²) in [5.41, 5.74) is 2.19. The molecule has 0 aromatic heterocycles. The second-order valence-corrected chi connectivity index (χ2v) is 7.55. The Bertz CT molecular complexity index is 1150. The van der Waals surface area contributed by atoms with Gasteiger partial charge in [-0.3, -0.25) is 24.7 Å². The van der Waals surface area contributed by atoms with Crippen LogP contribution in [-0.2, 0) is 19.2 Å². The van der Waals surface area contributed by atoms with E-state index in [2.05, 4.69) is 15.5 Å². The molecule has 0 bridgehead atoms. The number of halogens is 4. The van der Waals surface area contributed by atoms with E-state index in [1.165, 1.54) is 6.08 Å². The van der Waals surface area contributed by atoms with Crippen molar-refractivity contribution in [2.24, 2.45) is 0 Å². The quantitative estimate of drug-likeness (QED) is 0.342. The smallest absolute Gasteiger partial charge is 0.305 e. The number of Topliss-reactive ketones (excluding diaryl/α,β-unsaturated/α-hetero) is 1. The van der Waals surface area contributed by atoms with Crippen LogP contribution < -0.4 is 15.5 Å². The molecular formula is C23H20F4N2O6. The zero-order chi connectivity index (χ0) is 25.8. The molecular weight excluding hydrogens is 476 g/mol. The van der Waals surface area contributed by atoms with Crippen molar-refractivity contribution in [1.82, 2.24) is 10.8 Å². The van der Waals surface area contributed by atoms with Crippen LogP contribution in [0, 0.1) is 23.3 Å². The summed E-state index contributed by atoms with van der Waals surface area (Å²) in [5.74, 6) is -12.2. The molecule has 2 atom stereocenters. The lowest BCUT2D eigenvalue weighted by atomic mass is 9.96. The molecule has 0 aliphatic carbocycles. The van der Waals surface area contributed by atoms with Crippen LogP contribution in [0.25, 0.3) is 5.70 Å². The average Bonchev–Trinajstić information content (AvgIpc) is 3.28. The van der Waals surface area contributed by atoms with Gasteiger partial charge in [-0.15, -0.1) is 0 Å². The Labute approximate surface area is 196 Å². The van der Waals surface area contributed by atoms with E-state index in [4.69, 9.17) is 9.94 Å². The van der Waals surface area contributed by atoms with Gasteiger partial charge in [0.05, 0.1) is 12.1 Å². The number of benzene rings is 2. The third-order valence-corrected chi connectivity index (χ3v) is 5.22. The minimum absolute atomic E-state index is 0.0378. The minimum Gasteiger partial charge on any atom is -0.481 e. The normalized spacial score (nSPS) is 17.8. The Morgan fingerprint density at radius 1 is 1.11 bits per heavy atom. The molecule has 1 aliphatic heterocycles. The van der Waals surface area contributed by atoms with Crippen LogP contribution in [0.5, 0.6) is 5.75 Å². The maximum atomic E-state index is 13.8. The van der Waals surface area contributed by atoms with Gasteiger partial charge in [0.15, 0.2) is 28.8 Å². The van der Waals surface area contributed by atoms with Crippen molar-refractivity contribution in [3.63, 3.8) is 0 Å². The Kier molecular flexibility index (Phi) is 7.75. The topological polar surface area (TPSA) is 114 Å². The Hall–Kier alpha value is -3.93. The number of aliphatic carboxylic acids is 1. The summed E-state index contributed by atoms with van der Waals surface area (Å²) in [6.45, 7) is 0.436. The summed E-state index contributed by atoms with van der Waals surface area (Å²) in [5, 5.41) is 11.4. The van der Waals surface area contributed by atoms with Gasteiger partial charge in [-0.05, 0) is 18.1 Å². The summed E-state index contributed by atoms with van der Waals surface area (Å²) in [7, 11) is 0. The van der Waals surface area contributed by atoms with Gasteiger partial charge >= 0.3 is 5.97 Å². The second-order valence-electron chi connectivity index (χ2n) is 7.55. The number of ketones is 1. The Balaban J connectivity index is 1.77. The highest BCUT2D eigenvalue weighted by Gasteiger charge is 2.43. The summed E-state index contributed by atoms with van der Waals surface area (Å²) in [6.07, 6.45) is 0.654. The molecule has 8 nitrogen and oxygen atoms in total. The van der Waals surface area contributed by atoms with Gasteiger partial charge < -0.3 is 15.2 Å². The van der Waals surface area contributed by atoms with Gasteiger partial charge in [0, 0.05) is 6.07 Å². The van der Waals surface area contributed by atoms with E-state index in [1.54, 1.807) is 37.3 Å². The summed E-state index contributed by atoms with van der Waals surface area (Å²) in [6, 6.07) is 7.10. The van der Waals surface area contributed by atoms with Crippen molar-refractivity contribution in [3.8, 4) is 5.75 Å². The fraction of sp³-hybridized carbons (Fsp3) is 0.261. The average molecular weight is 496 g/mol. The monoisotopic (exact) mass is 496 g/mol. The summed E-state index contributed by atoms with van der Waals surface area (Å²) in [4.78, 5) is 42.3. The lowest BCUT2D eigenvalue weighted by Crippen LogP contribution is -2.53. The maximum absolute atomic E-state index is 13.8. The third-order valence-electron chi connectivity index (χ3n) is 5.22. The van der Waals surface area contributed by atoms with E-state index in [0.717, 1.165) is 0 Å². The van der Waals surface area contributed by atoms with E-state index < -0.39 is 71.3 Å². The molecule has 0 saturated carbocycles. The molecule has 3 N–H and O–H groups in total. The standard InChI is InChI=1S/C23H20F4N2O6/c1-2-23(10-16(29-35-23)12-6-4-3-5-7-12)22(33)28-15(9-18(31)32)17(30)11-34-21-19(26)13(24)8-14(25)20(21)27/h3-8,10,15,29H,2,9,11H2,1H3,(H,28,33)(H,31,32)/t15-,23?/m0/s1. The molecule has 0 spiro atoms. The molecule has 0 radical (unpaired) electrons. The van der Waals surface area contributed by atoms with Crippen molar-refractivity contribution < 1.29 is 46.6 Å². The fourth-order valence-electron chi connectivity index (χ4n) is 3.27. The molecule has 1 heterocycles. The number of ether oxygens (including phenoxy) is 1. The molecule has 186 valence electrons. The number of nitrogens with one attached hydrogen (secondary N) is 2. The molecule has 2 aromatic rings. The molecule has 0 fully saturated rings. The number of carbonyl (C=O) groups excluding carboxylic acids is 2. The highest BCUT2D eigenvalue weighted by molar-refractivity contribution is 5.97. The number of carbonyl (C=O) groups is 3. The van der Waals surface area contributed by atoms with Gasteiger partial charge in [0.2, 0.25) is 11.6 Å². The van der Waals surface area contributed by atoms with Crippen LogP contribution in [0.15, 0.2) is 42.5 Å². The SMILES string of the molecule is CCC1(C(=O)N[C@@H](CC(=O)O)C(=O)COc2c(F)c(F)cc(F)c2F)C=C(c2ccccc2)NO1. The molecule has 12 heteroatoms. The number of rotatable bonds is 10. The van der Waals surface area contributed by atoms with Crippen LogP contribution in [0.1, 0.15) is 25.3 Å². The number of hydrogen-bond acceptors (Lipinski definition) is 6. The predicted octanol–water partition coefficient (Wildman–Crippen LogP) is 2.88. The largest absolute Gasteiger partial charge is 0.481 e. The van der Waals surface area contributed by atoms with Crippen molar-refractivity contribution in [1.29, 1.82) is 0 Å². The lowest BCUT2D eigenvalue weighted by Gasteiger charge is -2.25. The van der Waals surface area contributed by atoms with Crippen molar-refractivity contribution in [3.05, 3.63) is 71.3 Å². The summed E-state index contributed by atoms with van der Waals surface area (Å²) >= 11 is 0. The van der Waals surface area contributed by atoms with E-state index in [0.29, 0.717) is 11.3 Å². The minimum atomic E-state index is -1.87. The third kappa shape index (κ3) is 5.60. The number of amides is 1. The van der Waals surface area contributed by atoms with Crippen LogP contribution in [0.2, 0.25) is 0 Å². The van der Waals surface area contributed by atoms with Crippen LogP contribution in [0.3, 0.4) is 0 Å².